The lowest BCUT2D eigenvalue weighted by molar-refractivity contribution is 0.145. The van der Waals surface area contributed by atoms with Gasteiger partial charge in [-0.2, -0.15) is 0 Å². The van der Waals surface area contributed by atoms with Gasteiger partial charge in [-0.1, -0.05) is 0 Å². The van der Waals surface area contributed by atoms with Crippen molar-refractivity contribution in [3.63, 3.8) is 0 Å². The first-order chi connectivity index (χ1) is 6.60. The maximum atomic E-state index is 12.8. The lowest BCUT2D eigenvalue weighted by Gasteiger charge is -2.11. The van der Waals surface area contributed by atoms with Crippen LogP contribution in [0.4, 0.5) is 13.2 Å². The van der Waals surface area contributed by atoms with E-state index < -0.39 is 17.8 Å². The van der Waals surface area contributed by atoms with E-state index in [-0.39, 0.29) is 11.5 Å². The average molecular weight is 206 g/mol. The van der Waals surface area contributed by atoms with E-state index in [2.05, 4.69) is 0 Å². The van der Waals surface area contributed by atoms with Gasteiger partial charge < -0.3 is 9.47 Å². The third-order valence-corrected chi connectivity index (χ3v) is 1.71. The molecular formula is C9H9F3O2. The van der Waals surface area contributed by atoms with E-state index in [0.717, 1.165) is 12.1 Å². The highest BCUT2D eigenvalue weighted by Crippen LogP contribution is 2.37. The molecule has 1 rings (SSSR count). The van der Waals surface area contributed by atoms with Crippen LogP contribution in [0.25, 0.3) is 0 Å². The topological polar surface area (TPSA) is 18.5 Å². The van der Waals surface area contributed by atoms with Crippen LogP contribution in [0.1, 0.15) is 12.0 Å². The monoisotopic (exact) mass is 206 g/mol. The van der Waals surface area contributed by atoms with Crippen molar-refractivity contribution >= 4 is 0 Å². The molecule has 5 heteroatoms. The van der Waals surface area contributed by atoms with Crippen molar-refractivity contribution in [1.29, 1.82) is 0 Å². The predicted octanol–water partition coefficient (Wildman–Crippen LogP) is 2.78. The third-order valence-electron chi connectivity index (χ3n) is 1.71. The summed E-state index contributed by atoms with van der Waals surface area (Å²) >= 11 is 0. The molecule has 78 valence electrons. The van der Waals surface area contributed by atoms with E-state index in [9.17, 15) is 13.2 Å². The van der Waals surface area contributed by atoms with E-state index in [4.69, 9.17) is 9.47 Å². The number of ether oxygens (including phenoxy) is 2. The molecule has 0 spiro atoms. The molecule has 0 heterocycles. The van der Waals surface area contributed by atoms with Crippen molar-refractivity contribution in [2.24, 2.45) is 0 Å². The standard InChI is InChI=1S/C9H9F3O2/c1-13-7-4-5(10)3-6(9(11)12)8(7)14-2/h3-4,9H,1-2H3. The number of benzene rings is 1. The van der Waals surface area contributed by atoms with E-state index >= 15 is 0 Å². The summed E-state index contributed by atoms with van der Waals surface area (Å²) in [5.41, 5.74) is -0.510. The molecule has 0 bridgehead atoms. The second-order valence-corrected chi connectivity index (χ2v) is 2.53. The molecule has 1 aromatic rings. The lowest BCUT2D eigenvalue weighted by atomic mass is 10.2. The average Bonchev–Trinajstić information content (AvgIpc) is 2.16. The van der Waals surface area contributed by atoms with Gasteiger partial charge in [0.2, 0.25) is 0 Å². The van der Waals surface area contributed by atoms with Crippen LogP contribution in [-0.2, 0) is 0 Å². The summed E-state index contributed by atoms with van der Waals surface area (Å²) in [5, 5.41) is 0. The Morgan fingerprint density at radius 2 is 1.79 bits per heavy atom. The molecule has 0 saturated heterocycles. The van der Waals surface area contributed by atoms with Gasteiger partial charge in [-0.3, -0.25) is 0 Å². The van der Waals surface area contributed by atoms with Crippen molar-refractivity contribution in [2.45, 2.75) is 6.43 Å². The first-order valence-corrected chi connectivity index (χ1v) is 3.79. The van der Waals surface area contributed by atoms with Crippen LogP contribution in [0, 0.1) is 5.82 Å². The van der Waals surface area contributed by atoms with Gasteiger partial charge in [0, 0.05) is 6.07 Å². The van der Waals surface area contributed by atoms with E-state index in [1.165, 1.54) is 14.2 Å². The second-order valence-electron chi connectivity index (χ2n) is 2.53. The van der Waals surface area contributed by atoms with Crippen molar-refractivity contribution in [1.82, 2.24) is 0 Å². The van der Waals surface area contributed by atoms with Crippen LogP contribution >= 0.6 is 0 Å². The number of methoxy groups -OCH3 is 2. The Bertz CT molecular complexity index is 326. The summed E-state index contributed by atoms with van der Waals surface area (Å²) < 4.78 is 47.1. The molecule has 0 amide bonds. The summed E-state index contributed by atoms with van der Waals surface area (Å²) in [7, 11) is 2.48. The molecule has 0 fully saturated rings. The Morgan fingerprint density at radius 3 is 2.21 bits per heavy atom. The quantitative estimate of drug-likeness (QED) is 0.757. The number of hydrogen-bond donors (Lipinski definition) is 0. The molecule has 0 saturated carbocycles. The van der Waals surface area contributed by atoms with Crippen LogP contribution in [0.5, 0.6) is 11.5 Å². The third kappa shape index (κ3) is 1.92. The maximum Gasteiger partial charge on any atom is 0.267 e. The lowest BCUT2D eigenvalue weighted by Crippen LogP contribution is -1.97. The van der Waals surface area contributed by atoms with Gasteiger partial charge in [0.25, 0.3) is 6.43 Å². The smallest absolute Gasteiger partial charge is 0.267 e. The molecule has 14 heavy (non-hydrogen) atoms. The van der Waals surface area contributed by atoms with E-state index in [0.29, 0.717) is 0 Å². The highest BCUT2D eigenvalue weighted by molar-refractivity contribution is 5.47. The fourth-order valence-electron chi connectivity index (χ4n) is 1.12. The minimum Gasteiger partial charge on any atom is -0.493 e. The van der Waals surface area contributed by atoms with Gasteiger partial charge in [0.1, 0.15) is 5.82 Å². The molecule has 0 aliphatic heterocycles. The van der Waals surface area contributed by atoms with Gasteiger partial charge in [-0.15, -0.1) is 0 Å². The van der Waals surface area contributed by atoms with Gasteiger partial charge in [0.15, 0.2) is 11.5 Å². The summed E-state index contributed by atoms with van der Waals surface area (Å²) in [5.74, 6) is -0.954. The largest absolute Gasteiger partial charge is 0.493 e. The van der Waals surface area contributed by atoms with Crippen LogP contribution in [0.15, 0.2) is 12.1 Å². The zero-order chi connectivity index (χ0) is 10.7. The van der Waals surface area contributed by atoms with Crippen molar-refractivity contribution in [3.8, 4) is 11.5 Å². The van der Waals surface area contributed by atoms with Crippen LogP contribution in [0.3, 0.4) is 0 Å². The number of rotatable bonds is 3. The van der Waals surface area contributed by atoms with Crippen molar-refractivity contribution < 1.29 is 22.6 Å². The van der Waals surface area contributed by atoms with Crippen molar-refractivity contribution in [3.05, 3.63) is 23.5 Å². The predicted molar refractivity (Wildman–Crippen MR) is 44.5 cm³/mol. The Morgan fingerprint density at radius 1 is 1.14 bits per heavy atom. The SMILES string of the molecule is COc1cc(F)cc(C(F)F)c1OC. The number of alkyl halides is 2. The van der Waals surface area contributed by atoms with Gasteiger partial charge >= 0.3 is 0 Å². The highest BCUT2D eigenvalue weighted by Gasteiger charge is 2.19. The Kier molecular flexibility index (Phi) is 3.22. The Hall–Kier alpha value is -1.39. The summed E-state index contributed by atoms with van der Waals surface area (Å²) in [4.78, 5) is 0. The Balaban J connectivity index is 3.31. The molecule has 1 aromatic carbocycles. The fraction of sp³-hybridized carbons (Fsp3) is 0.333. The zero-order valence-electron chi connectivity index (χ0n) is 7.68. The minimum absolute atomic E-state index is 0.0391. The summed E-state index contributed by atoms with van der Waals surface area (Å²) in [6, 6.07) is 1.72. The van der Waals surface area contributed by atoms with Crippen LogP contribution < -0.4 is 9.47 Å². The first kappa shape index (κ1) is 10.7. The molecular weight excluding hydrogens is 197 g/mol. The normalized spacial score (nSPS) is 10.4. The maximum absolute atomic E-state index is 12.8. The molecule has 0 unspecified atom stereocenters. The zero-order valence-corrected chi connectivity index (χ0v) is 7.68. The first-order valence-electron chi connectivity index (χ1n) is 3.79. The molecule has 0 aliphatic rings. The van der Waals surface area contributed by atoms with Crippen LogP contribution in [-0.4, -0.2) is 14.2 Å². The molecule has 0 aliphatic carbocycles. The molecule has 2 nitrogen and oxygen atoms in total. The van der Waals surface area contributed by atoms with Gasteiger partial charge in [0.05, 0.1) is 19.8 Å². The fourth-order valence-corrected chi connectivity index (χ4v) is 1.12. The number of halogens is 3. The molecule has 0 radical (unpaired) electrons. The molecule has 0 aromatic heterocycles. The second kappa shape index (κ2) is 4.21. The summed E-state index contributed by atoms with van der Waals surface area (Å²) in [6.07, 6.45) is -2.80. The van der Waals surface area contributed by atoms with Gasteiger partial charge in [-0.25, -0.2) is 13.2 Å². The highest BCUT2D eigenvalue weighted by atomic mass is 19.3. The summed E-state index contributed by atoms with van der Waals surface area (Å²) in [6.45, 7) is 0. The Labute approximate surface area is 79.2 Å². The minimum atomic E-state index is -2.80. The van der Waals surface area contributed by atoms with Gasteiger partial charge in [-0.05, 0) is 6.07 Å². The van der Waals surface area contributed by atoms with E-state index in [1.807, 2.05) is 0 Å². The molecule has 0 N–H and O–H groups in total. The van der Waals surface area contributed by atoms with Crippen LogP contribution in [0.2, 0.25) is 0 Å². The van der Waals surface area contributed by atoms with E-state index in [1.54, 1.807) is 0 Å². The molecule has 0 atom stereocenters. The van der Waals surface area contributed by atoms with Crippen molar-refractivity contribution in [2.75, 3.05) is 14.2 Å². The number of hydrogen-bond acceptors (Lipinski definition) is 2.